The molecule has 0 aromatic rings. The van der Waals surface area contributed by atoms with E-state index in [9.17, 15) is 0 Å². The van der Waals surface area contributed by atoms with Crippen LogP contribution < -0.4 is 5.32 Å². The van der Waals surface area contributed by atoms with Crippen molar-refractivity contribution in [3.63, 3.8) is 0 Å². The molecule has 1 spiro atoms. The van der Waals surface area contributed by atoms with Gasteiger partial charge in [-0.3, -0.25) is 0 Å². The smallest absolute Gasteiger partial charge is 0.00700 e. The predicted octanol–water partition coefficient (Wildman–Crippen LogP) is 5.05. The summed E-state index contributed by atoms with van der Waals surface area (Å²) in [4.78, 5) is 0. The molecule has 1 N–H and O–H groups in total. The molecular weight excluding hydrogens is 230 g/mol. The van der Waals surface area contributed by atoms with Crippen molar-refractivity contribution in [2.24, 2.45) is 11.3 Å². The molecule has 3 saturated carbocycles. The lowest BCUT2D eigenvalue weighted by Crippen LogP contribution is -2.44. The van der Waals surface area contributed by atoms with Crippen LogP contribution in [0.3, 0.4) is 0 Å². The van der Waals surface area contributed by atoms with Crippen LogP contribution >= 0.6 is 0 Å². The zero-order valence-corrected chi connectivity index (χ0v) is 12.9. The molecule has 0 amide bonds. The second-order valence-electron chi connectivity index (χ2n) is 7.83. The van der Waals surface area contributed by atoms with Crippen molar-refractivity contribution in [1.82, 2.24) is 5.32 Å². The topological polar surface area (TPSA) is 12.0 Å². The molecule has 3 fully saturated rings. The average Bonchev–Trinajstić information content (AvgIpc) is 2.91. The number of nitrogens with one attached hydrogen (secondary N) is 1. The van der Waals surface area contributed by atoms with E-state index in [0.29, 0.717) is 0 Å². The molecule has 0 aromatic carbocycles. The summed E-state index contributed by atoms with van der Waals surface area (Å²) in [5, 5.41) is 3.99. The van der Waals surface area contributed by atoms with E-state index >= 15 is 0 Å². The lowest BCUT2D eigenvalue weighted by atomic mass is 9.71. The first-order valence-electron chi connectivity index (χ1n) is 9.04. The van der Waals surface area contributed by atoms with Gasteiger partial charge in [0.15, 0.2) is 0 Å². The fourth-order valence-corrected chi connectivity index (χ4v) is 5.16. The van der Waals surface area contributed by atoms with Gasteiger partial charge in [-0.2, -0.15) is 0 Å². The van der Waals surface area contributed by atoms with Crippen LogP contribution in [0.5, 0.6) is 0 Å². The van der Waals surface area contributed by atoms with E-state index in [1.807, 2.05) is 0 Å². The second kappa shape index (κ2) is 6.16. The lowest BCUT2D eigenvalue weighted by molar-refractivity contribution is 0.152. The van der Waals surface area contributed by atoms with Gasteiger partial charge in [-0.15, -0.1) is 0 Å². The molecule has 3 aliphatic carbocycles. The molecular formula is C18H33N. The van der Waals surface area contributed by atoms with E-state index in [1.165, 1.54) is 83.5 Å². The standard InChI is InChI=1S/C18H33N/c1-15(16-7-3-2-4-8-16)19-17-9-13-18(14-10-17)11-5-6-12-18/h15-17,19H,2-14H2,1H3. The molecule has 0 aliphatic heterocycles. The SMILES string of the molecule is CC(NC1CCC2(CCCC2)CC1)C1CCCCC1. The Morgan fingerprint density at radius 3 is 2.05 bits per heavy atom. The van der Waals surface area contributed by atoms with Gasteiger partial charge in [0.25, 0.3) is 0 Å². The van der Waals surface area contributed by atoms with Gasteiger partial charge in [0.2, 0.25) is 0 Å². The maximum atomic E-state index is 3.99. The van der Waals surface area contributed by atoms with Gasteiger partial charge in [0.1, 0.15) is 0 Å². The fraction of sp³-hybridized carbons (Fsp3) is 1.00. The van der Waals surface area contributed by atoms with E-state index in [-0.39, 0.29) is 0 Å². The summed E-state index contributed by atoms with van der Waals surface area (Å²) in [6, 6.07) is 1.60. The Bertz CT molecular complexity index is 263. The molecule has 0 saturated heterocycles. The normalized spacial score (nSPS) is 30.8. The van der Waals surface area contributed by atoms with E-state index < -0.39 is 0 Å². The van der Waals surface area contributed by atoms with Crippen molar-refractivity contribution < 1.29 is 0 Å². The van der Waals surface area contributed by atoms with Crippen LogP contribution in [0.15, 0.2) is 0 Å². The first kappa shape index (κ1) is 13.9. The molecule has 0 aromatic heterocycles. The summed E-state index contributed by atoms with van der Waals surface area (Å²) >= 11 is 0. The van der Waals surface area contributed by atoms with Gasteiger partial charge < -0.3 is 5.32 Å². The Balaban J connectivity index is 1.43. The second-order valence-corrected chi connectivity index (χ2v) is 7.83. The molecule has 0 radical (unpaired) electrons. The minimum Gasteiger partial charge on any atom is -0.311 e. The van der Waals surface area contributed by atoms with Crippen LogP contribution in [0, 0.1) is 11.3 Å². The van der Waals surface area contributed by atoms with Crippen molar-refractivity contribution in [3.8, 4) is 0 Å². The number of hydrogen-bond acceptors (Lipinski definition) is 1. The van der Waals surface area contributed by atoms with Crippen LogP contribution in [0.25, 0.3) is 0 Å². The largest absolute Gasteiger partial charge is 0.311 e. The summed E-state index contributed by atoms with van der Waals surface area (Å²) in [5.41, 5.74) is 0.798. The summed E-state index contributed by atoms with van der Waals surface area (Å²) in [5.74, 6) is 0.969. The highest BCUT2D eigenvalue weighted by molar-refractivity contribution is 4.92. The Morgan fingerprint density at radius 1 is 0.789 bits per heavy atom. The van der Waals surface area contributed by atoms with Crippen molar-refractivity contribution in [2.45, 2.75) is 102 Å². The fourth-order valence-electron chi connectivity index (χ4n) is 5.16. The van der Waals surface area contributed by atoms with E-state index in [4.69, 9.17) is 0 Å². The Labute approximate surface area is 119 Å². The Hall–Kier alpha value is -0.0400. The summed E-state index contributed by atoms with van der Waals surface area (Å²) in [6.45, 7) is 2.45. The monoisotopic (exact) mass is 263 g/mol. The lowest BCUT2D eigenvalue weighted by Gasteiger charge is -2.40. The van der Waals surface area contributed by atoms with Crippen LogP contribution in [0.1, 0.15) is 90.4 Å². The summed E-state index contributed by atoms with van der Waals surface area (Å²) in [6.07, 6.45) is 19.4. The molecule has 1 atom stereocenters. The van der Waals surface area contributed by atoms with Gasteiger partial charge in [-0.25, -0.2) is 0 Å². The predicted molar refractivity (Wildman–Crippen MR) is 82.3 cm³/mol. The number of hydrogen-bond donors (Lipinski definition) is 1. The Morgan fingerprint density at radius 2 is 1.42 bits per heavy atom. The van der Waals surface area contributed by atoms with Crippen LogP contribution in [-0.4, -0.2) is 12.1 Å². The van der Waals surface area contributed by atoms with Crippen molar-refractivity contribution in [2.75, 3.05) is 0 Å². The summed E-state index contributed by atoms with van der Waals surface area (Å²) in [7, 11) is 0. The third kappa shape index (κ3) is 3.35. The van der Waals surface area contributed by atoms with Crippen molar-refractivity contribution in [3.05, 3.63) is 0 Å². The molecule has 1 unspecified atom stereocenters. The quantitative estimate of drug-likeness (QED) is 0.751. The molecule has 0 heterocycles. The maximum absolute atomic E-state index is 3.99. The minimum absolute atomic E-state index is 0.767. The van der Waals surface area contributed by atoms with Gasteiger partial charge in [0.05, 0.1) is 0 Å². The zero-order valence-electron chi connectivity index (χ0n) is 12.9. The first-order chi connectivity index (χ1) is 9.27. The van der Waals surface area contributed by atoms with E-state index in [1.54, 1.807) is 0 Å². The van der Waals surface area contributed by atoms with Crippen molar-refractivity contribution in [1.29, 1.82) is 0 Å². The molecule has 1 nitrogen and oxygen atoms in total. The minimum atomic E-state index is 0.767. The molecule has 110 valence electrons. The number of rotatable bonds is 3. The van der Waals surface area contributed by atoms with Gasteiger partial charge in [0, 0.05) is 12.1 Å². The highest BCUT2D eigenvalue weighted by atomic mass is 15.0. The molecule has 3 rings (SSSR count). The summed E-state index contributed by atoms with van der Waals surface area (Å²) < 4.78 is 0. The third-order valence-corrected chi connectivity index (χ3v) is 6.57. The van der Waals surface area contributed by atoms with Crippen molar-refractivity contribution >= 4 is 0 Å². The van der Waals surface area contributed by atoms with E-state index in [2.05, 4.69) is 12.2 Å². The molecule has 19 heavy (non-hydrogen) atoms. The van der Waals surface area contributed by atoms with E-state index in [0.717, 1.165) is 23.4 Å². The average molecular weight is 263 g/mol. The molecule has 0 bridgehead atoms. The molecule has 1 heteroatoms. The van der Waals surface area contributed by atoms with Gasteiger partial charge in [-0.1, -0.05) is 32.1 Å². The Kier molecular flexibility index (Phi) is 4.51. The molecule has 3 aliphatic rings. The third-order valence-electron chi connectivity index (χ3n) is 6.57. The van der Waals surface area contributed by atoms with Crippen LogP contribution in [-0.2, 0) is 0 Å². The highest BCUT2D eigenvalue weighted by Gasteiger charge is 2.37. The highest BCUT2D eigenvalue weighted by Crippen LogP contribution is 2.49. The maximum Gasteiger partial charge on any atom is 0.00700 e. The van der Waals surface area contributed by atoms with Gasteiger partial charge in [-0.05, 0) is 69.6 Å². The zero-order chi connectivity index (χ0) is 13.1. The first-order valence-corrected chi connectivity index (χ1v) is 9.04. The van der Waals surface area contributed by atoms with Crippen LogP contribution in [0.4, 0.5) is 0 Å². The van der Waals surface area contributed by atoms with Crippen LogP contribution in [0.2, 0.25) is 0 Å². The van der Waals surface area contributed by atoms with Gasteiger partial charge >= 0.3 is 0 Å².